The van der Waals surface area contributed by atoms with E-state index in [2.05, 4.69) is 25.1 Å². The van der Waals surface area contributed by atoms with Gasteiger partial charge in [0.1, 0.15) is 5.82 Å². The third kappa shape index (κ3) is 5.64. The van der Waals surface area contributed by atoms with E-state index >= 15 is 0 Å². The minimum Gasteiger partial charge on any atom is -0.376 e. The quantitative estimate of drug-likeness (QED) is 0.288. The minimum absolute atomic E-state index is 0.0789. The standard InChI is InChI=1S/C24H27FN2O2S2/c1-2-17-6-3-8-21-23(17)26-24(31-21)27(16-19-7-4-14-29-19)22(28)9-5-15-30-20-12-10-18(25)11-13-20/h3,6,8,10-13,19H,2,4-5,7,9,14-16H2,1H3. The van der Waals surface area contributed by atoms with Crippen LogP contribution in [0.4, 0.5) is 9.52 Å². The van der Waals surface area contributed by atoms with Crippen molar-refractivity contribution in [2.75, 3.05) is 23.8 Å². The lowest BCUT2D eigenvalue weighted by atomic mass is 10.1. The largest absolute Gasteiger partial charge is 0.376 e. The molecule has 4 nitrogen and oxygen atoms in total. The van der Waals surface area contributed by atoms with Crippen LogP contribution in [0.2, 0.25) is 0 Å². The number of aryl methyl sites for hydroxylation is 1. The first-order valence-electron chi connectivity index (χ1n) is 10.8. The number of hydrogen-bond acceptors (Lipinski definition) is 5. The summed E-state index contributed by atoms with van der Waals surface area (Å²) in [6.07, 6.45) is 4.23. The summed E-state index contributed by atoms with van der Waals surface area (Å²) < 4.78 is 20.0. The first-order valence-corrected chi connectivity index (χ1v) is 12.6. The number of nitrogens with zero attached hydrogens (tertiary/aromatic N) is 2. The van der Waals surface area contributed by atoms with Gasteiger partial charge in [0, 0.05) is 17.9 Å². The number of thiazole rings is 1. The first kappa shape index (κ1) is 22.2. The number of aromatic nitrogens is 1. The normalized spacial score (nSPS) is 16.1. The molecule has 0 N–H and O–H groups in total. The highest BCUT2D eigenvalue weighted by atomic mass is 32.2. The van der Waals surface area contributed by atoms with E-state index in [1.807, 2.05) is 4.90 Å². The predicted molar refractivity (Wildman–Crippen MR) is 127 cm³/mol. The molecule has 31 heavy (non-hydrogen) atoms. The highest BCUT2D eigenvalue weighted by Gasteiger charge is 2.26. The van der Waals surface area contributed by atoms with Gasteiger partial charge in [-0.3, -0.25) is 9.69 Å². The van der Waals surface area contributed by atoms with E-state index in [0.29, 0.717) is 13.0 Å². The van der Waals surface area contributed by atoms with Gasteiger partial charge in [-0.1, -0.05) is 30.4 Å². The molecule has 164 valence electrons. The lowest BCUT2D eigenvalue weighted by molar-refractivity contribution is -0.119. The first-order chi connectivity index (χ1) is 15.1. The summed E-state index contributed by atoms with van der Waals surface area (Å²) in [4.78, 5) is 20.9. The number of fused-ring (bicyclic) bond motifs is 1. The summed E-state index contributed by atoms with van der Waals surface area (Å²) in [5.74, 6) is 0.670. The highest BCUT2D eigenvalue weighted by molar-refractivity contribution is 7.99. The van der Waals surface area contributed by atoms with Gasteiger partial charge in [0.2, 0.25) is 5.91 Å². The Morgan fingerprint density at radius 2 is 2.13 bits per heavy atom. The molecule has 1 amide bonds. The van der Waals surface area contributed by atoms with E-state index in [4.69, 9.17) is 9.72 Å². The average Bonchev–Trinajstić information content (AvgIpc) is 3.45. The number of carbonyl (C=O) groups excluding carboxylic acids is 1. The molecule has 0 spiro atoms. The molecule has 1 unspecified atom stereocenters. The number of carbonyl (C=O) groups is 1. The van der Waals surface area contributed by atoms with Crippen LogP contribution in [0.15, 0.2) is 47.4 Å². The molecule has 0 saturated carbocycles. The molecule has 0 bridgehead atoms. The zero-order valence-electron chi connectivity index (χ0n) is 17.7. The van der Waals surface area contributed by atoms with Crippen LogP contribution in [-0.4, -0.2) is 35.9 Å². The van der Waals surface area contributed by atoms with Crippen LogP contribution >= 0.6 is 23.1 Å². The summed E-state index contributed by atoms with van der Waals surface area (Å²) in [6.45, 7) is 3.45. The molecule has 0 radical (unpaired) electrons. The van der Waals surface area contributed by atoms with Gasteiger partial charge in [0.15, 0.2) is 5.13 Å². The second-order valence-corrected chi connectivity index (χ2v) is 9.84. The Balaban J connectivity index is 1.44. The molecule has 1 aromatic heterocycles. The summed E-state index contributed by atoms with van der Waals surface area (Å²) in [7, 11) is 0. The Morgan fingerprint density at radius 1 is 1.29 bits per heavy atom. The molecule has 1 fully saturated rings. The number of halogens is 1. The molecule has 2 aromatic carbocycles. The molecule has 7 heteroatoms. The maximum atomic E-state index is 13.2. The maximum absolute atomic E-state index is 13.2. The minimum atomic E-state index is -0.230. The van der Waals surface area contributed by atoms with E-state index in [1.54, 1.807) is 35.2 Å². The summed E-state index contributed by atoms with van der Waals surface area (Å²) in [5, 5.41) is 0.766. The molecular formula is C24H27FN2O2S2. The fraction of sp³-hybridized carbons (Fsp3) is 0.417. The number of para-hydroxylation sites is 1. The summed E-state index contributed by atoms with van der Waals surface area (Å²) in [6, 6.07) is 12.7. The van der Waals surface area contributed by atoms with Crippen LogP contribution in [0.25, 0.3) is 10.2 Å². The van der Waals surface area contributed by atoms with Gasteiger partial charge in [-0.15, -0.1) is 11.8 Å². The number of anilines is 1. The fourth-order valence-corrected chi connectivity index (χ4v) is 5.65. The lowest BCUT2D eigenvalue weighted by Crippen LogP contribution is -2.37. The Bertz CT molecular complexity index is 1020. The van der Waals surface area contributed by atoms with Crippen LogP contribution in [0.3, 0.4) is 0 Å². The molecule has 1 aliphatic heterocycles. The second kappa shape index (κ2) is 10.6. The van der Waals surface area contributed by atoms with Crippen LogP contribution in [0, 0.1) is 5.82 Å². The number of hydrogen-bond donors (Lipinski definition) is 0. The molecule has 1 saturated heterocycles. The monoisotopic (exact) mass is 458 g/mol. The van der Waals surface area contributed by atoms with Gasteiger partial charge >= 0.3 is 0 Å². The molecule has 1 atom stereocenters. The highest BCUT2D eigenvalue weighted by Crippen LogP contribution is 2.32. The third-order valence-electron chi connectivity index (χ3n) is 5.43. The van der Waals surface area contributed by atoms with Crippen molar-refractivity contribution in [2.45, 2.75) is 50.0 Å². The van der Waals surface area contributed by atoms with Gasteiger partial charge in [-0.05, 0) is 67.3 Å². The topological polar surface area (TPSA) is 42.4 Å². The van der Waals surface area contributed by atoms with E-state index in [9.17, 15) is 9.18 Å². The number of thioether (sulfide) groups is 1. The van der Waals surface area contributed by atoms with Crippen LogP contribution < -0.4 is 4.90 Å². The number of benzene rings is 2. The molecule has 2 heterocycles. The van der Waals surface area contributed by atoms with E-state index in [0.717, 1.165) is 58.3 Å². The summed E-state index contributed by atoms with van der Waals surface area (Å²) >= 11 is 3.23. The molecular weight excluding hydrogens is 431 g/mol. The maximum Gasteiger partial charge on any atom is 0.228 e. The van der Waals surface area contributed by atoms with Crippen LogP contribution in [0.1, 0.15) is 38.2 Å². The SMILES string of the molecule is CCc1cccc2sc(N(CC3CCCO3)C(=O)CCCSc3ccc(F)cc3)nc12. The van der Waals surface area contributed by atoms with E-state index in [-0.39, 0.29) is 17.8 Å². The van der Waals surface area contributed by atoms with Gasteiger partial charge in [0.05, 0.1) is 22.9 Å². The molecule has 3 aromatic rings. The third-order valence-corrected chi connectivity index (χ3v) is 7.57. The lowest BCUT2D eigenvalue weighted by Gasteiger charge is -2.23. The van der Waals surface area contributed by atoms with Crippen LogP contribution in [0.5, 0.6) is 0 Å². The summed E-state index contributed by atoms with van der Waals surface area (Å²) in [5.41, 5.74) is 2.21. The molecule has 1 aliphatic rings. The van der Waals surface area contributed by atoms with Gasteiger partial charge in [0.25, 0.3) is 0 Å². The Labute approximate surface area is 190 Å². The zero-order chi connectivity index (χ0) is 21.6. The predicted octanol–water partition coefficient (Wildman–Crippen LogP) is 6.08. The molecule has 0 aliphatic carbocycles. The van der Waals surface area contributed by atoms with Gasteiger partial charge < -0.3 is 4.74 Å². The van der Waals surface area contributed by atoms with Crippen molar-refractivity contribution in [3.8, 4) is 0 Å². The van der Waals surface area contributed by atoms with Gasteiger partial charge in [-0.25, -0.2) is 9.37 Å². The van der Waals surface area contributed by atoms with Crippen molar-refractivity contribution in [1.82, 2.24) is 4.98 Å². The Kier molecular flexibility index (Phi) is 7.58. The van der Waals surface area contributed by atoms with E-state index < -0.39 is 0 Å². The van der Waals surface area contributed by atoms with E-state index in [1.165, 1.54) is 17.7 Å². The fourth-order valence-electron chi connectivity index (χ4n) is 3.75. The second-order valence-electron chi connectivity index (χ2n) is 7.66. The van der Waals surface area contributed by atoms with Crippen molar-refractivity contribution in [1.29, 1.82) is 0 Å². The Morgan fingerprint density at radius 3 is 2.87 bits per heavy atom. The number of ether oxygens (including phenoxy) is 1. The van der Waals surface area contributed by atoms with Crippen molar-refractivity contribution in [3.63, 3.8) is 0 Å². The number of amides is 1. The zero-order valence-corrected chi connectivity index (χ0v) is 19.3. The smallest absolute Gasteiger partial charge is 0.228 e. The van der Waals surface area contributed by atoms with Crippen molar-refractivity contribution in [3.05, 3.63) is 53.8 Å². The van der Waals surface area contributed by atoms with Crippen LogP contribution in [-0.2, 0) is 16.0 Å². The van der Waals surface area contributed by atoms with Gasteiger partial charge in [-0.2, -0.15) is 0 Å². The Hall–Kier alpha value is -1.96. The van der Waals surface area contributed by atoms with Crippen molar-refractivity contribution in [2.24, 2.45) is 0 Å². The number of rotatable bonds is 9. The average molecular weight is 459 g/mol. The van der Waals surface area contributed by atoms with Crippen molar-refractivity contribution >= 4 is 44.4 Å². The van der Waals surface area contributed by atoms with Crippen molar-refractivity contribution < 1.29 is 13.9 Å². The molecule has 4 rings (SSSR count).